The van der Waals surface area contributed by atoms with Crippen LogP contribution in [0, 0.1) is 0 Å². The van der Waals surface area contributed by atoms with Crippen LogP contribution in [0.4, 0.5) is 13.2 Å². The van der Waals surface area contributed by atoms with E-state index in [1.807, 2.05) is 4.90 Å². The van der Waals surface area contributed by atoms with Gasteiger partial charge in [-0.2, -0.15) is 13.2 Å². The van der Waals surface area contributed by atoms with Gasteiger partial charge in [0.05, 0.1) is 33.3 Å². The van der Waals surface area contributed by atoms with Gasteiger partial charge >= 0.3 is 6.18 Å². The molecule has 1 amide bonds. The highest BCUT2D eigenvalue weighted by molar-refractivity contribution is 7.99. The molecular formula is C23H20Cl2F3N3OS. The highest BCUT2D eigenvalue weighted by Crippen LogP contribution is 2.36. The van der Waals surface area contributed by atoms with Crippen LogP contribution in [0.2, 0.25) is 10.0 Å². The smallest absolute Gasteiger partial charge is 0.342 e. The molecule has 2 heterocycles. The van der Waals surface area contributed by atoms with E-state index in [9.17, 15) is 18.0 Å². The lowest BCUT2D eigenvalue weighted by molar-refractivity contribution is -0.137. The van der Waals surface area contributed by atoms with E-state index >= 15 is 0 Å². The summed E-state index contributed by atoms with van der Waals surface area (Å²) in [6.07, 6.45) is 0.156. The zero-order chi connectivity index (χ0) is 23.6. The van der Waals surface area contributed by atoms with Gasteiger partial charge in [-0.25, -0.2) is 4.98 Å². The first kappa shape index (κ1) is 24.0. The number of nitrogens with zero attached hydrogens (tertiary/aromatic N) is 3. The third kappa shape index (κ3) is 5.50. The molecular weight excluding hydrogens is 494 g/mol. The van der Waals surface area contributed by atoms with Gasteiger partial charge in [-0.3, -0.25) is 9.36 Å². The summed E-state index contributed by atoms with van der Waals surface area (Å²) in [7, 11) is 0. The molecule has 3 aromatic rings. The maximum atomic E-state index is 13.4. The molecule has 33 heavy (non-hydrogen) atoms. The molecule has 2 aromatic carbocycles. The monoisotopic (exact) mass is 513 g/mol. The summed E-state index contributed by atoms with van der Waals surface area (Å²) >= 11 is 13.4. The SMILES string of the molecule is O=C(CSc1ncc(-c2ccc(Cl)c(Cl)c2)n1-c1cccc(C(F)(F)F)c1)N1CCCCC1. The van der Waals surface area contributed by atoms with E-state index in [1.165, 1.54) is 17.8 Å². The highest BCUT2D eigenvalue weighted by atomic mass is 35.5. The largest absolute Gasteiger partial charge is 0.416 e. The Kier molecular flexibility index (Phi) is 7.26. The Bertz CT molecular complexity index is 1160. The van der Waals surface area contributed by atoms with E-state index in [0.717, 1.165) is 44.5 Å². The third-order valence-electron chi connectivity index (χ3n) is 5.41. The van der Waals surface area contributed by atoms with Crippen molar-refractivity contribution in [1.82, 2.24) is 14.5 Å². The number of aromatic nitrogens is 2. The number of imidazole rings is 1. The van der Waals surface area contributed by atoms with Crippen LogP contribution in [0.3, 0.4) is 0 Å². The first-order valence-electron chi connectivity index (χ1n) is 10.4. The maximum Gasteiger partial charge on any atom is 0.416 e. The van der Waals surface area contributed by atoms with Gasteiger partial charge in [-0.15, -0.1) is 0 Å². The second-order valence-corrected chi connectivity index (χ2v) is 9.43. The van der Waals surface area contributed by atoms with Crippen LogP contribution in [0.5, 0.6) is 0 Å². The van der Waals surface area contributed by atoms with Gasteiger partial charge in [0.15, 0.2) is 5.16 Å². The van der Waals surface area contributed by atoms with E-state index in [1.54, 1.807) is 35.0 Å². The lowest BCUT2D eigenvalue weighted by Gasteiger charge is -2.26. The Morgan fingerprint density at radius 2 is 1.79 bits per heavy atom. The first-order chi connectivity index (χ1) is 15.7. The molecule has 0 atom stereocenters. The van der Waals surface area contributed by atoms with Crippen molar-refractivity contribution in [3.63, 3.8) is 0 Å². The number of rotatable bonds is 5. The van der Waals surface area contributed by atoms with Crippen molar-refractivity contribution in [1.29, 1.82) is 0 Å². The number of benzene rings is 2. The number of halogens is 5. The Labute approximate surface area is 203 Å². The highest BCUT2D eigenvalue weighted by Gasteiger charge is 2.31. The summed E-state index contributed by atoms with van der Waals surface area (Å²) in [5, 5.41) is 1.11. The molecule has 0 saturated carbocycles. The molecule has 4 rings (SSSR count). The third-order valence-corrected chi connectivity index (χ3v) is 7.09. The van der Waals surface area contributed by atoms with Gasteiger partial charge in [0.2, 0.25) is 5.91 Å². The zero-order valence-corrected chi connectivity index (χ0v) is 19.7. The quantitative estimate of drug-likeness (QED) is 0.345. The molecule has 1 aliphatic rings. The summed E-state index contributed by atoms with van der Waals surface area (Å²) in [4.78, 5) is 18.9. The van der Waals surface area contributed by atoms with Gasteiger partial charge in [-0.1, -0.05) is 47.1 Å². The van der Waals surface area contributed by atoms with E-state index < -0.39 is 11.7 Å². The number of likely N-dealkylation sites (tertiary alicyclic amines) is 1. The standard InChI is InChI=1S/C23H20Cl2F3N3OS/c24-18-8-7-15(11-19(18)25)20-13-29-22(33-14-21(32)30-9-2-1-3-10-30)31(20)17-6-4-5-16(12-17)23(26,27)28/h4-8,11-13H,1-3,9-10,14H2. The van der Waals surface area contributed by atoms with Crippen LogP contribution in [0.25, 0.3) is 16.9 Å². The second-order valence-electron chi connectivity index (χ2n) is 7.67. The Balaban J connectivity index is 1.72. The fourth-order valence-electron chi connectivity index (χ4n) is 3.73. The van der Waals surface area contributed by atoms with E-state index in [4.69, 9.17) is 23.2 Å². The van der Waals surface area contributed by atoms with Crippen molar-refractivity contribution in [2.75, 3.05) is 18.8 Å². The van der Waals surface area contributed by atoms with Gasteiger partial charge < -0.3 is 4.90 Å². The van der Waals surface area contributed by atoms with Crippen LogP contribution in [-0.2, 0) is 11.0 Å². The van der Waals surface area contributed by atoms with Crippen molar-refractivity contribution in [2.45, 2.75) is 30.6 Å². The summed E-state index contributed by atoms with van der Waals surface area (Å²) in [5.41, 5.74) is 0.704. The number of hydrogen-bond acceptors (Lipinski definition) is 3. The molecule has 174 valence electrons. The van der Waals surface area contributed by atoms with Gasteiger partial charge in [-0.05, 0) is 49.6 Å². The summed E-state index contributed by atoms with van der Waals surface area (Å²) in [5.74, 6) is 0.144. The molecule has 1 aromatic heterocycles. The summed E-state index contributed by atoms with van der Waals surface area (Å²) < 4.78 is 41.7. The van der Waals surface area contributed by atoms with Crippen LogP contribution in [-0.4, -0.2) is 39.2 Å². The molecule has 0 N–H and O–H groups in total. The summed E-state index contributed by atoms with van der Waals surface area (Å²) in [6.45, 7) is 1.46. The zero-order valence-electron chi connectivity index (χ0n) is 17.4. The van der Waals surface area contributed by atoms with Gasteiger partial charge in [0, 0.05) is 24.3 Å². The minimum atomic E-state index is -4.49. The average Bonchev–Trinajstić information content (AvgIpc) is 3.23. The predicted molar refractivity (Wildman–Crippen MR) is 125 cm³/mol. The van der Waals surface area contributed by atoms with E-state index in [-0.39, 0.29) is 17.3 Å². The number of piperidine rings is 1. The van der Waals surface area contributed by atoms with Crippen molar-refractivity contribution >= 4 is 40.9 Å². The Hall–Kier alpha value is -2.16. The van der Waals surface area contributed by atoms with E-state index in [0.29, 0.717) is 26.5 Å². The number of alkyl halides is 3. The number of amides is 1. The number of carbonyl (C=O) groups excluding carboxylic acids is 1. The van der Waals surface area contributed by atoms with E-state index in [2.05, 4.69) is 4.98 Å². The number of hydrogen-bond donors (Lipinski definition) is 0. The van der Waals surface area contributed by atoms with Crippen LogP contribution in [0.1, 0.15) is 24.8 Å². The van der Waals surface area contributed by atoms with Gasteiger partial charge in [0.1, 0.15) is 0 Å². The molecule has 0 unspecified atom stereocenters. The lowest BCUT2D eigenvalue weighted by atomic mass is 10.1. The lowest BCUT2D eigenvalue weighted by Crippen LogP contribution is -2.36. The number of carbonyl (C=O) groups is 1. The molecule has 0 aliphatic carbocycles. The molecule has 0 spiro atoms. The predicted octanol–water partition coefficient (Wildman–Crippen LogP) is 6.97. The molecule has 1 aliphatic heterocycles. The Morgan fingerprint density at radius 3 is 2.48 bits per heavy atom. The van der Waals surface area contributed by atoms with Crippen molar-refractivity contribution < 1.29 is 18.0 Å². The van der Waals surface area contributed by atoms with Crippen molar-refractivity contribution in [3.05, 3.63) is 64.3 Å². The second kappa shape index (κ2) is 9.99. The van der Waals surface area contributed by atoms with Gasteiger partial charge in [0.25, 0.3) is 0 Å². The number of thioether (sulfide) groups is 1. The van der Waals surface area contributed by atoms with Crippen molar-refractivity contribution in [2.24, 2.45) is 0 Å². The minimum Gasteiger partial charge on any atom is -0.342 e. The Morgan fingerprint density at radius 1 is 1.03 bits per heavy atom. The molecule has 1 saturated heterocycles. The summed E-state index contributed by atoms with van der Waals surface area (Å²) in [6, 6.07) is 10.0. The molecule has 10 heteroatoms. The van der Waals surface area contributed by atoms with Crippen LogP contribution in [0.15, 0.2) is 53.8 Å². The maximum absolute atomic E-state index is 13.4. The van der Waals surface area contributed by atoms with Crippen LogP contribution < -0.4 is 0 Å². The molecule has 0 bridgehead atoms. The normalized spacial score (nSPS) is 14.5. The molecule has 1 fully saturated rings. The molecule has 0 radical (unpaired) electrons. The topological polar surface area (TPSA) is 38.1 Å². The fourth-order valence-corrected chi connectivity index (χ4v) is 4.92. The minimum absolute atomic E-state index is 0.00520. The fraction of sp³-hybridized carbons (Fsp3) is 0.304. The molecule has 4 nitrogen and oxygen atoms in total. The average molecular weight is 514 g/mol. The van der Waals surface area contributed by atoms with Crippen LogP contribution >= 0.6 is 35.0 Å². The first-order valence-corrected chi connectivity index (χ1v) is 12.1. The van der Waals surface area contributed by atoms with Crippen molar-refractivity contribution in [3.8, 4) is 16.9 Å².